The number of rotatable bonds is 6. The molecule has 1 aliphatic rings. The minimum absolute atomic E-state index is 0.234. The number of hydrogen-bond acceptors (Lipinski definition) is 2. The summed E-state index contributed by atoms with van der Waals surface area (Å²) in [6.07, 6.45) is 2.18. The second-order valence-corrected chi connectivity index (χ2v) is 4.60. The van der Waals surface area contributed by atoms with Gasteiger partial charge in [-0.15, -0.1) is 0 Å². The molecule has 3 heteroatoms. The zero-order valence-electron chi connectivity index (χ0n) is 9.36. The molecule has 0 amide bonds. The molecule has 0 aromatic heterocycles. The molecular weight excluding hydrogens is 178 g/mol. The molecule has 1 saturated carbocycles. The summed E-state index contributed by atoms with van der Waals surface area (Å²) in [7, 11) is 0. The molecule has 0 heterocycles. The first kappa shape index (κ1) is 11.5. The molecule has 1 fully saturated rings. The standard InChI is InChI=1S/C11H21NO2/c1-4-12(7-8(2)3)10(11(13)14)9-5-6-9/h8-10H,4-7H2,1-3H3,(H,13,14). The normalized spacial score (nSPS) is 18.9. The van der Waals surface area contributed by atoms with Crippen molar-refractivity contribution < 1.29 is 9.90 Å². The lowest BCUT2D eigenvalue weighted by Gasteiger charge is -2.29. The Morgan fingerprint density at radius 1 is 1.50 bits per heavy atom. The fraction of sp³-hybridized carbons (Fsp3) is 0.909. The minimum Gasteiger partial charge on any atom is -0.480 e. The molecule has 1 rings (SSSR count). The van der Waals surface area contributed by atoms with Crippen LogP contribution in [0, 0.1) is 11.8 Å². The summed E-state index contributed by atoms with van der Waals surface area (Å²) in [5.41, 5.74) is 0. The molecule has 1 unspecified atom stereocenters. The smallest absolute Gasteiger partial charge is 0.321 e. The molecule has 3 nitrogen and oxygen atoms in total. The number of carbonyl (C=O) groups is 1. The SMILES string of the molecule is CCN(CC(C)C)C(C(=O)O)C1CC1. The first-order chi connectivity index (χ1) is 6.56. The van der Waals surface area contributed by atoms with E-state index < -0.39 is 5.97 Å². The zero-order chi connectivity index (χ0) is 10.7. The lowest BCUT2D eigenvalue weighted by molar-refractivity contribution is -0.144. The quantitative estimate of drug-likeness (QED) is 0.709. The molecule has 0 aromatic carbocycles. The van der Waals surface area contributed by atoms with E-state index in [9.17, 15) is 4.79 Å². The number of carboxylic acid groups (broad SMARTS) is 1. The summed E-state index contributed by atoms with van der Waals surface area (Å²) in [6.45, 7) is 8.04. The van der Waals surface area contributed by atoms with Crippen molar-refractivity contribution in [1.82, 2.24) is 4.90 Å². The molecule has 82 valence electrons. The van der Waals surface area contributed by atoms with Crippen LogP contribution in [-0.4, -0.2) is 35.1 Å². The molecule has 1 atom stereocenters. The van der Waals surface area contributed by atoms with E-state index in [1.54, 1.807) is 0 Å². The predicted octanol–water partition coefficient (Wildman–Crippen LogP) is 1.83. The van der Waals surface area contributed by atoms with Crippen molar-refractivity contribution in [1.29, 1.82) is 0 Å². The first-order valence-electron chi connectivity index (χ1n) is 5.53. The van der Waals surface area contributed by atoms with Crippen molar-refractivity contribution in [3.05, 3.63) is 0 Å². The first-order valence-corrected chi connectivity index (χ1v) is 5.53. The predicted molar refractivity (Wildman–Crippen MR) is 56.2 cm³/mol. The van der Waals surface area contributed by atoms with E-state index in [1.165, 1.54) is 0 Å². The van der Waals surface area contributed by atoms with E-state index >= 15 is 0 Å². The fourth-order valence-electron chi connectivity index (χ4n) is 1.98. The fourth-order valence-corrected chi connectivity index (χ4v) is 1.98. The van der Waals surface area contributed by atoms with Gasteiger partial charge in [0.05, 0.1) is 0 Å². The average molecular weight is 199 g/mol. The Morgan fingerprint density at radius 3 is 2.36 bits per heavy atom. The van der Waals surface area contributed by atoms with E-state index in [4.69, 9.17) is 5.11 Å². The molecule has 14 heavy (non-hydrogen) atoms. The van der Waals surface area contributed by atoms with Crippen LogP contribution in [0.15, 0.2) is 0 Å². The van der Waals surface area contributed by atoms with Crippen molar-refractivity contribution in [2.45, 2.75) is 39.7 Å². The zero-order valence-corrected chi connectivity index (χ0v) is 9.36. The van der Waals surface area contributed by atoms with Crippen LogP contribution in [0.3, 0.4) is 0 Å². The highest BCUT2D eigenvalue weighted by atomic mass is 16.4. The number of likely N-dealkylation sites (N-methyl/N-ethyl adjacent to an activating group) is 1. The minimum atomic E-state index is -0.644. The van der Waals surface area contributed by atoms with Gasteiger partial charge in [0.25, 0.3) is 0 Å². The maximum absolute atomic E-state index is 11.1. The lowest BCUT2D eigenvalue weighted by Crippen LogP contribution is -2.44. The van der Waals surface area contributed by atoms with Crippen LogP contribution in [0.2, 0.25) is 0 Å². The monoisotopic (exact) mass is 199 g/mol. The highest BCUT2D eigenvalue weighted by Crippen LogP contribution is 2.35. The van der Waals surface area contributed by atoms with Crippen LogP contribution < -0.4 is 0 Å². The van der Waals surface area contributed by atoms with Gasteiger partial charge >= 0.3 is 5.97 Å². The number of hydrogen-bond donors (Lipinski definition) is 1. The number of aliphatic carboxylic acids is 1. The van der Waals surface area contributed by atoms with E-state index in [1.807, 2.05) is 6.92 Å². The Hall–Kier alpha value is -0.570. The van der Waals surface area contributed by atoms with Crippen molar-refractivity contribution in [2.24, 2.45) is 11.8 Å². The molecule has 1 N–H and O–H groups in total. The number of carboxylic acids is 1. The van der Waals surface area contributed by atoms with E-state index in [0.717, 1.165) is 25.9 Å². The highest BCUT2D eigenvalue weighted by molar-refractivity contribution is 5.74. The van der Waals surface area contributed by atoms with E-state index in [-0.39, 0.29) is 6.04 Å². The van der Waals surface area contributed by atoms with Gasteiger partial charge in [-0.05, 0) is 31.2 Å². The lowest BCUT2D eigenvalue weighted by atomic mass is 10.1. The third kappa shape index (κ3) is 2.98. The number of nitrogens with zero attached hydrogens (tertiary/aromatic N) is 1. The summed E-state index contributed by atoms with van der Waals surface area (Å²) in [6, 6.07) is -0.234. The van der Waals surface area contributed by atoms with Gasteiger partial charge < -0.3 is 5.11 Å². The summed E-state index contributed by atoms with van der Waals surface area (Å²) in [5.74, 6) is 0.303. The third-order valence-electron chi connectivity index (χ3n) is 2.72. The van der Waals surface area contributed by atoms with Gasteiger partial charge in [0.15, 0.2) is 0 Å². The third-order valence-corrected chi connectivity index (χ3v) is 2.72. The summed E-state index contributed by atoms with van der Waals surface area (Å²) >= 11 is 0. The molecule has 0 saturated heterocycles. The van der Waals surface area contributed by atoms with Crippen LogP contribution in [0.4, 0.5) is 0 Å². The van der Waals surface area contributed by atoms with Crippen molar-refractivity contribution in [2.75, 3.05) is 13.1 Å². The average Bonchev–Trinajstić information content (AvgIpc) is 2.85. The molecule has 1 aliphatic carbocycles. The maximum atomic E-state index is 11.1. The van der Waals surface area contributed by atoms with E-state index in [2.05, 4.69) is 18.7 Å². The Kier molecular flexibility index (Phi) is 3.93. The molecule has 0 spiro atoms. The Labute approximate surface area is 86.1 Å². The van der Waals surface area contributed by atoms with Gasteiger partial charge in [-0.1, -0.05) is 20.8 Å². The van der Waals surface area contributed by atoms with Crippen LogP contribution in [0.1, 0.15) is 33.6 Å². The molecule has 0 bridgehead atoms. The summed E-state index contributed by atoms with van der Waals surface area (Å²) in [4.78, 5) is 13.2. The van der Waals surface area contributed by atoms with Gasteiger partial charge in [-0.3, -0.25) is 9.69 Å². The second-order valence-electron chi connectivity index (χ2n) is 4.60. The Bertz CT molecular complexity index is 199. The summed E-state index contributed by atoms with van der Waals surface area (Å²) in [5, 5.41) is 9.16. The largest absolute Gasteiger partial charge is 0.480 e. The van der Waals surface area contributed by atoms with Gasteiger partial charge in [0.2, 0.25) is 0 Å². The highest BCUT2D eigenvalue weighted by Gasteiger charge is 2.39. The van der Waals surface area contributed by atoms with Gasteiger partial charge in [-0.2, -0.15) is 0 Å². The van der Waals surface area contributed by atoms with Crippen molar-refractivity contribution in [3.63, 3.8) is 0 Å². The topological polar surface area (TPSA) is 40.5 Å². The second kappa shape index (κ2) is 4.78. The molecule has 0 aliphatic heterocycles. The van der Waals surface area contributed by atoms with Crippen molar-refractivity contribution in [3.8, 4) is 0 Å². The molecular formula is C11H21NO2. The van der Waals surface area contributed by atoms with Crippen LogP contribution in [0.25, 0.3) is 0 Å². The molecule has 0 radical (unpaired) electrons. The van der Waals surface area contributed by atoms with Gasteiger partial charge in [0.1, 0.15) is 6.04 Å². The van der Waals surface area contributed by atoms with Gasteiger partial charge in [-0.25, -0.2) is 0 Å². The Morgan fingerprint density at radius 2 is 2.07 bits per heavy atom. The van der Waals surface area contributed by atoms with E-state index in [0.29, 0.717) is 11.8 Å². The van der Waals surface area contributed by atoms with Crippen molar-refractivity contribution >= 4 is 5.97 Å². The summed E-state index contributed by atoms with van der Waals surface area (Å²) < 4.78 is 0. The van der Waals surface area contributed by atoms with Crippen LogP contribution in [-0.2, 0) is 4.79 Å². The van der Waals surface area contributed by atoms with Gasteiger partial charge in [0, 0.05) is 6.54 Å². The molecule has 0 aromatic rings. The Balaban J connectivity index is 2.57. The van der Waals surface area contributed by atoms with Crippen LogP contribution >= 0.6 is 0 Å². The van der Waals surface area contributed by atoms with Crippen LogP contribution in [0.5, 0.6) is 0 Å². The maximum Gasteiger partial charge on any atom is 0.321 e.